The lowest BCUT2D eigenvalue weighted by Gasteiger charge is -2.13. The normalized spacial score (nSPS) is 12.2. The summed E-state index contributed by atoms with van der Waals surface area (Å²) in [6, 6.07) is 8.97. The van der Waals surface area contributed by atoms with E-state index in [1.165, 1.54) is 0 Å². The predicted octanol–water partition coefficient (Wildman–Crippen LogP) is 2.84. The third-order valence-corrected chi connectivity index (χ3v) is 2.82. The molecule has 0 saturated heterocycles. The molecule has 1 aromatic heterocycles. The zero-order chi connectivity index (χ0) is 14.7. The van der Waals surface area contributed by atoms with Crippen LogP contribution in [0.25, 0.3) is 11.0 Å². The lowest BCUT2D eigenvalue weighted by Crippen LogP contribution is -2.20. The van der Waals surface area contributed by atoms with Gasteiger partial charge in [0.1, 0.15) is 5.69 Å². The lowest BCUT2D eigenvalue weighted by atomic mass is 10.1. The number of nitriles is 1. The molecule has 102 valence electrons. The molecule has 2 rings (SSSR count). The van der Waals surface area contributed by atoms with Crippen LogP contribution >= 0.6 is 11.6 Å². The van der Waals surface area contributed by atoms with Gasteiger partial charge in [-0.15, -0.1) is 0 Å². The van der Waals surface area contributed by atoms with Crippen molar-refractivity contribution in [2.75, 3.05) is 0 Å². The minimum absolute atomic E-state index is 0.0379. The van der Waals surface area contributed by atoms with Crippen LogP contribution in [-0.4, -0.2) is 22.0 Å². The summed E-state index contributed by atoms with van der Waals surface area (Å²) in [7, 11) is 0. The largest absolute Gasteiger partial charge is 0.462 e. The van der Waals surface area contributed by atoms with Gasteiger partial charge in [0.05, 0.1) is 23.2 Å². The molecular weight excluding hydrogens is 278 g/mol. The first-order valence-electron chi connectivity index (χ1n) is 6.05. The van der Waals surface area contributed by atoms with Crippen LogP contribution in [0.15, 0.2) is 24.3 Å². The molecule has 1 aromatic carbocycles. The molecular formula is C14H12ClN3O2. The summed E-state index contributed by atoms with van der Waals surface area (Å²) in [6.45, 7) is 3.42. The van der Waals surface area contributed by atoms with E-state index >= 15 is 0 Å². The number of fused-ring (bicyclic) bond motifs is 1. The van der Waals surface area contributed by atoms with Gasteiger partial charge >= 0.3 is 5.97 Å². The minimum atomic E-state index is -1.18. The SMILES string of the molecule is CC(C)OC(=O)C(C#N)c1nc2ccccc2nc1Cl. The number of nitrogens with zero attached hydrogens (tertiary/aromatic N) is 3. The first-order valence-corrected chi connectivity index (χ1v) is 6.43. The highest BCUT2D eigenvalue weighted by Crippen LogP contribution is 2.25. The van der Waals surface area contributed by atoms with Crippen LogP contribution in [0.3, 0.4) is 0 Å². The fraction of sp³-hybridized carbons (Fsp3) is 0.286. The average Bonchev–Trinajstić information content (AvgIpc) is 2.39. The number of ether oxygens (including phenoxy) is 1. The molecule has 0 aliphatic carbocycles. The van der Waals surface area contributed by atoms with E-state index in [0.717, 1.165) is 0 Å². The Morgan fingerprint density at radius 1 is 1.30 bits per heavy atom. The predicted molar refractivity (Wildman–Crippen MR) is 74.1 cm³/mol. The molecule has 5 nitrogen and oxygen atoms in total. The number of para-hydroxylation sites is 2. The Kier molecular flexibility index (Phi) is 4.16. The second kappa shape index (κ2) is 5.85. The molecule has 1 heterocycles. The van der Waals surface area contributed by atoms with E-state index in [2.05, 4.69) is 9.97 Å². The maximum atomic E-state index is 11.9. The van der Waals surface area contributed by atoms with Gasteiger partial charge in [-0.05, 0) is 26.0 Å². The van der Waals surface area contributed by atoms with Gasteiger partial charge in [0.25, 0.3) is 0 Å². The molecule has 0 aliphatic heterocycles. The third kappa shape index (κ3) is 2.86. The Morgan fingerprint density at radius 2 is 1.90 bits per heavy atom. The van der Waals surface area contributed by atoms with Crippen LogP contribution in [0.1, 0.15) is 25.5 Å². The van der Waals surface area contributed by atoms with E-state index in [1.807, 2.05) is 12.1 Å². The van der Waals surface area contributed by atoms with Crippen LogP contribution in [0, 0.1) is 11.3 Å². The van der Waals surface area contributed by atoms with E-state index < -0.39 is 11.9 Å². The van der Waals surface area contributed by atoms with Gasteiger partial charge in [0, 0.05) is 0 Å². The maximum absolute atomic E-state index is 11.9. The van der Waals surface area contributed by atoms with Gasteiger partial charge in [0.2, 0.25) is 0 Å². The number of aromatic nitrogens is 2. The molecule has 0 N–H and O–H groups in total. The molecule has 0 saturated carbocycles. The molecule has 0 bridgehead atoms. The van der Waals surface area contributed by atoms with E-state index in [-0.39, 0.29) is 17.0 Å². The Hall–Kier alpha value is -2.19. The van der Waals surface area contributed by atoms with E-state index in [1.54, 1.807) is 32.0 Å². The Bertz CT molecular complexity index is 694. The van der Waals surface area contributed by atoms with Gasteiger partial charge < -0.3 is 4.74 Å². The molecule has 6 heteroatoms. The fourth-order valence-corrected chi connectivity index (χ4v) is 1.94. The summed E-state index contributed by atoms with van der Waals surface area (Å²) in [5.74, 6) is -1.85. The molecule has 1 unspecified atom stereocenters. The number of hydrogen-bond donors (Lipinski definition) is 0. The van der Waals surface area contributed by atoms with Crippen molar-refractivity contribution in [1.29, 1.82) is 5.26 Å². The average molecular weight is 290 g/mol. The first-order chi connectivity index (χ1) is 9.52. The van der Waals surface area contributed by atoms with Gasteiger partial charge in [-0.1, -0.05) is 23.7 Å². The van der Waals surface area contributed by atoms with Crippen LogP contribution < -0.4 is 0 Å². The molecule has 20 heavy (non-hydrogen) atoms. The van der Waals surface area contributed by atoms with Crippen LogP contribution in [-0.2, 0) is 9.53 Å². The lowest BCUT2D eigenvalue weighted by molar-refractivity contribution is -0.147. The second-order valence-electron chi connectivity index (χ2n) is 4.44. The van der Waals surface area contributed by atoms with Crippen molar-refractivity contribution in [3.63, 3.8) is 0 Å². The molecule has 0 radical (unpaired) electrons. The quantitative estimate of drug-likeness (QED) is 0.812. The van der Waals surface area contributed by atoms with Crippen molar-refractivity contribution < 1.29 is 9.53 Å². The van der Waals surface area contributed by atoms with Crippen LogP contribution in [0.2, 0.25) is 5.15 Å². The zero-order valence-corrected chi connectivity index (χ0v) is 11.8. The van der Waals surface area contributed by atoms with E-state index in [9.17, 15) is 10.1 Å². The molecule has 1 atom stereocenters. The fourth-order valence-electron chi connectivity index (χ4n) is 1.70. The highest BCUT2D eigenvalue weighted by molar-refractivity contribution is 6.30. The van der Waals surface area contributed by atoms with Crippen molar-refractivity contribution in [2.45, 2.75) is 25.9 Å². The number of hydrogen-bond acceptors (Lipinski definition) is 5. The summed E-state index contributed by atoms with van der Waals surface area (Å²) >= 11 is 6.02. The smallest absolute Gasteiger partial charge is 0.329 e. The van der Waals surface area contributed by atoms with Gasteiger partial charge in [0.15, 0.2) is 11.1 Å². The Morgan fingerprint density at radius 3 is 2.45 bits per heavy atom. The topological polar surface area (TPSA) is 75.9 Å². The van der Waals surface area contributed by atoms with Gasteiger partial charge in [-0.2, -0.15) is 5.26 Å². The molecule has 2 aromatic rings. The number of halogens is 1. The highest BCUT2D eigenvalue weighted by atomic mass is 35.5. The van der Waals surface area contributed by atoms with Crippen molar-refractivity contribution in [3.05, 3.63) is 35.1 Å². The monoisotopic (exact) mass is 289 g/mol. The van der Waals surface area contributed by atoms with Crippen LogP contribution in [0.5, 0.6) is 0 Å². The zero-order valence-electron chi connectivity index (χ0n) is 11.0. The Labute approximate surface area is 121 Å². The van der Waals surface area contributed by atoms with Crippen molar-refractivity contribution in [3.8, 4) is 6.07 Å². The standard InChI is InChI=1S/C14H12ClN3O2/c1-8(2)20-14(19)9(7-16)12-13(15)18-11-6-4-3-5-10(11)17-12/h3-6,8-9H,1-2H3. The molecule has 0 fully saturated rings. The number of rotatable bonds is 3. The van der Waals surface area contributed by atoms with Gasteiger partial charge in [-0.3, -0.25) is 4.79 Å². The number of benzene rings is 1. The number of carbonyl (C=O) groups excluding carboxylic acids is 1. The molecule has 0 aliphatic rings. The van der Waals surface area contributed by atoms with Crippen molar-refractivity contribution in [1.82, 2.24) is 9.97 Å². The van der Waals surface area contributed by atoms with Crippen molar-refractivity contribution in [2.24, 2.45) is 0 Å². The summed E-state index contributed by atoms with van der Waals surface area (Å²) < 4.78 is 5.04. The summed E-state index contributed by atoms with van der Waals surface area (Å²) in [5.41, 5.74) is 1.30. The summed E-state index contributed by atoms with van der Waals surface area (Å²) in [5, 5.41) is 9.22. The summed E-state index contributed by atoms with van der Waals surface area (Å²) in [6.07, 6.45) is -0.314. The Balaban J connectivity index is 2.47. The van der Waals surface area contributed by atoms with Crippen LogP contribution in [0.4, 0.5) is 0 Å². The highest BCUT2D eigenvalue weighted by Gasteiger charge is 2.27. The number of carbonyl (C=O) groups is 1. The number of esters is 1. The van der Waals surface area contributed by atoms with Gasteiger partial charge in [-0.25, -0.2) is 9.97 Å². The second-order valence-corrected chi connectivity index (χ2v) is 4.79. The molecule has 0 amide bonds. The van der Waals surface area contributed by atoms with E-state index in [4.69, 9.17) is 16.3 Å². The first kappa shape index (κ1) is 14.2. The van der Waals surface area contributed by atoms with Crippen molar-refractivity contribution >= 4 is 28.6 Å². The summed E-state index contributed by atoms with van der Waals surface area (Å²) in [4.78, 5) is 20.3. The van der Waals surface area contributed by atoms with E-state index in [0.29, 0.717) is 11.0 Å². The minimum Gasteiger partial charge on any atom is -0.462 e. The third-order valence-electron chi connectivity index (χ3n) is 2.54. The maximum Gasteiger partial charge on any atom is 0.329 e. The molecule has 0 spiro atoms.